The zero-order valence-electron chi connectivity index (χ0n) is 11.9. The van der Waals surface area contributed by atoms with Crippen LogP contribution in [0.2, 0.25) is 5.02 Å². The van der Waals surface area contributed by atoms with Crippen molar-refractivity contribution in [2.45, 2.75) is 25.9 Å². The predicted molar refractivity (Wildman–Crippen MR) is 84.0 cm³/mol. The number of halogens is 1. The molecule has 3 aromatic heterocycles. The van der Waals surface area contributed by atoms with Crippen molar-refractivity contribution < 1.29 is 0 Å². The normalized spacial score (nSPS) is 12.0. The number of aromatic nitrogens is 4. The van der Waals surface area contributed by atoms with Gasteiger partial charge in [-0.2, -0.15) is 0 Å². The molecule has 0 spiro atoms. The number of pyridine rings is 2. The summed E-state index contributed by atoms with van der Waals surface area (Å²) in [4.78, 5) is 13.1. The lowest BCUT2D eigenvalue weighted by molar-refractivity contribution is 0.441. The van der Waals surface area contributed by atoms with Gasteiger partial charge in [-0.15, -0.1) is 0 Å². The molecule has 0 unspecified atom stereocenters. The topological polar surface area (TPSA) is 69.6 Å². The fourth-order valence-electron chi connectivity index (χ4n) is 2.27. The van der Waals surface area contributed by atoms with E-state index in [4.69, 9.17) is 17.3 Å². The maximum absolute atomic E-state index is 6.18. The molecule has 0 aliphatic carbocycles. The van der Waals surface area contributed by atoms with E-state index in [2.05, 4.69) is 15.0 Å². The van der Waals surface area contributed by atoms with Gasteiger partial charge in [0, 0.05) is 36.2 Å². The second kappa shape index (κ2) is 5.09. The fraction of sp³-hybridized carbons (Fsp3) is 0.267. The molecule has 0 saturated carbocycles. The number of nitrogens with zero attached hydrogens (tertiary/aromatic N) is 4. The molecule has 3 heterocycles. The van der Waals surface area contributed by atoms with Gasteiger partial charge in [0.2, 0.25) is 0 Å². The van der Waals surface area contributed by atoms with Crippen LogP contribution in [-0.4, -0.2) is 25.1 Å². The Morgan fingerprint density at radius 2 is 2.00 bits per heavy atom. The summed E-state index contributed by atoms with van der Waals surface area (Å²) in [6.45, 7) is 4.56. The summed E-state index contributed by atoms with van der Waals surface area (Å²) in [7, 11) is 0. The van der Waals surface area contributed by atoms with Gasteiger partial charge in [0.25, 0.3) is 0 Å². The molecule has 0 amide bonds. The lowest BCUT2D eigenvalue weighted by Gasteiger charge is -2.21. The Kier molecular flexibility index (Phi) is 3.39. The molecule has 2 N–H and O–H groups in total. The zero-order chi connectivity index (χ0) is 15.0. The largest absolute Gasteiger partial charge is 0.324 e. The molecule has 0 aliphatic heterocycles. The molecule has 3 aromatic rings. The SMILES string of the molecule is CC(C)(N)Cn1c(-c2ccncc2)nc2cc(Cl)cnc21. The van der Waals surface area contributed by atoms with E-state index in [9.17, 15) is 0 Å². The van der Waals surface area contributed by atoms with Crippen LogP contribution in [0.1, 0.15) is 13.8 Å². The van der Waals surface area contributed by atoms with E-state index in [0.29, 0.717) is 11.6 Å². The summed E-state index contributed by atoms with van der Waals surface area (Å²) in [6.07, 6.45) is 5.11. The van der Waals surface area contributed by atoms with E-state index in [1.54, 1.807) is 18.6 Å². The molecule has 3 rings (SSSR count). The van der Waals surface area contributed by atoms with Crippen LogP contribution in [0.15, 0.2) is 36.8 Å². The second-order valence-corrected chi connectivity index (χ2v) is 6.18. The molecule has 0 bridgehead atoms. The third-order valence-corrected chi connectivity index (χ3v) is 3.26. The van der Waals surface area contributed by atoms with Crippen LogP contribution in [0, 0.1) is 0 Å². The van der Waals surface area contributed by atoms with Gasteiger partial charge in [-0.25, -0.2) is 9.97 Å². The van der Waals surface area contributed by atoms with Gasteiger partial charge in [-0.3, -0.25) is 4.98 Å². The fourth-order valence-corrected chi connectivity index (χ4v) is 2.42. The first-order valence-corrected chi connectivity index (χ1v) is 7.03. The summed E-state index contributed by atoms with van der Waals surface area (Å²) in [5, 5.41) is 0.570. The molecular formula is C15H16ClN5. The highest BCUT2D eigenvalue weighted by atomic mass is 35.5. The molecule has 21 heavy (non-hydrogen) atoms. The number of hydrogen-bond acceptors (Lipinski definition) is 4. The first kappa shape index (κ1) is 14.0. The van der Waals surface area contributed by atoms with Crippen molar-refractivity contribution in [3.8, 4) is 11.4 Å². The van der Waals surface area contributed by atoms with E-state index < -0.39 is 0 Å². The Morgan fingerprint density at radius 1 is 1.29 bits per heavy atom. The average Bonchev–Trinajstić information content (AvgIpc) is 2.76. The molecule has 0 aliphatic rings. The van der Waals surface area contributed by atoms with Crippen LogP contribution < -0.4 is 5.73 Å². The summed E-state index contributed by atoms with van der Waals surface area (Å²) in [5.41, 5.74) is 8.32. The molecule has 5 nitrogen and oxygen atoms in total. The Labute approximate surface area is 127 Å². The van der Waals surface area contributed by atoms with Crippen LogP contribution >= 0.6 is 11.6 Å². The highest BCUT2D eigenvalue weighted by Gasteiger charge is 2.19. The smallest absolute Gasteiger partial charge is 0.160 e. The lowest BCUT2D eigenvalue weighted by atomic mass is 10.1. The van der Waals surface area contributed by atoms with Gasteiger partial charge in [0.15, 0.2) is 5.65 Å². The molecule has 0 aromatic carbocycles. The molecule has 0 saturated heterocycles. The van der Waals surface area contributed by atoms with Gasteiger partial charge in [-0.1, -0.05) is 11.6 Å². The molecular weight excluding hydrogens is 286 g/mol. The van der Waals surface area contributed by atoms with E-state index in [1.807, 2.05) is 36.6 Å². The Bertz CT molecular complexity index is 774. The molecule has 0 fully saturated rings. The van der Waals surface area contributed by atoms with Crippen molar-refractivity contribution in [3.63, 3.8) is 0 Å². The summed E-state index contributed by atoms with van der Waals surface area (Å²) in [5.74, 6) is 0.820. The monoisotopic (exact) mass is 301 g/mol. The van der Waals surface area contributed by atoms with Crippen molar-refractivity contribution in [1.29, 1.82) is 0 Å². The van der Waals surface area contributed by atoms with E-state index in [-0.39, 0.29) is 5.54 Å². The first-order valence-electron chi connectivity index (χ1n) is 6.65. The highest BCUT2D eigenvalue weighted by Crippen LogP contribution is 2.26. The van der Waals surface area contributed by atoms with E-state index in [0.717, 1.165) is 22.6 Å². The average molecular weight is 302 g/mol. The predicted octanol–water partition coefficient (Wildman–Crippen LogP) is 2.88. The Balaban J connectivity index is 2.25. The number of hydrogen-bond donors (Lipinski definition) is 1. The Hall–Kier alpha value is -1.98. The van der Waals surface area contributed by atoms with Crippen molar-refractivity contribution in [3.05, 3.63) is 41.8 Å². The van der Waals surface area contributed by atoms with Crippen molar-refractivity contribution >= 4 is 22.8 Å². The lowest BCUT2D eigenvalue weighted by Crippen LogP contribution is -2.37. The third-order valence-electron chi connectivity index (χ3n) is 3.06. The summed E-state index contributed by atoms with van der Waals surface area (Å²) >= 11 is 6.01. The van der Waals surface area contributed by atoms with Crippen molar-refractivity contribution in [1.82, 2.24) is 19.5 Å². The quantitative estimate of drug-likeness (QED) is 0.807. The third kappa shape index (κ3) is 2.89. The minimum Gasteiger partial charge on any atom is -0.324 e. The van der Waals surface area contributed by atoms with Gasteiger partial charge in [0.1, 0.15) is 11.3 Å². The van der Waals surface area contributed by atoms with Gasteiger partial charge >= 0.3 is 0 Å². The number of fused-ring (bicyclic) bond motifs is 1. The van der Waals surface area contributed by atoms with Crippen LogP contribution in [0.25, 0.3) is 22.6 Å². The number of rotatable bonds is 3. The van der Waals surface area contributed by atoms with E-state index in [1.165, 1.54) is 0 Å². The summed E-state index contributed by atoms with van der Waals surface area (Å²) < 4.78 is 2.03. The minimum absolute atomic E-state index is 0.378. The molecule has 0 atom stereocenters. The second-order valence-electron chi connectivity index (χ2n) is 5.74. The van der Waals surface area contributed by atoms with Crippen molar-refractivity contribution in [2.24, 2.45) is 5.73 Å². The minimum atomic E-state index is -0.378. The summed E-state index contributed by atoms with van der Waals surface area (Å²) in [6, 6.07) is 5.65. The number of nitrogens with two attached hydrogens (primary N) is 1. The van der Waals surface area contributed by atoms with Crippen LogP contribution in [0.4, 0.5) is 0 Å². The van der Waals surface area contributed by atoms with Gasteiger partial charge in [-0.05, 0) is 32.0 Å². The zero-order valence-corrected chi connectivity index (χ0v) is 12.7. The van der Waals surface area contributed by atoms with Crippen LogP contribution in [0.5, 0.6) is 0 Å². The van der Waals surface area contributed by atoms with Gasteiger partial charge in [0.05, 0.1) is 5.02 Å². The van der Waals surface area contributed by atoms with Crippen LogP contribution in [-0.2, 0) is 6.54 Å². The van der Waals surface area contributed by atoms with Crippen molar-refractivity contribution in [2.75, 3.05) is 0 Å². The Morgan fingerprint density at radius 3 is 2.67 bits per heavy atom. The standard InChI is InChI=1S/C15H16ClN5/c1-15(2,17)9-21-13(10-3-5-18-6-4-10)20-12-7-11(16)8-19-14(12)21/h3-8H,9,17H2,1-2H3. The van der Waals surface area contributed by atoms with Gasteiger partial charge < -0.3 is 10.3 Å². The molecule has 6 heteroatoms. The molecule has 0 radical (unpaired) electrons. The maximum Gasteiger partial charge on any atom is 0.160 e. The number of imidazole rings is 1. The molecule has 108 valence electrons. The first-order chi connectivity index (χ1) is 9.94. The van der Waals surface area contributed by atoms with Crippen LogP contribution in [0.3, 0.4) is 0 Å². The highest BCUT2D eigenvalue weighted by molar-refractivity contribution is 6.31. The van der Waals surface area contributed by atoms with E-state index >= 15 is 0 Å². The maximum atomic E-state index is 6.18.